The summed E-state index contributed by atoms with van der Waals surface area (Å²) >= 11 is 6.15. The molecule has 0 spiro atoms. The van der Waals surface area contributed by atoms with E-state index in [-0.39, 0.29) is 0 Å². The second-order valence-corrected chi connectivity index (χ2v) is 4.06. The Balaban J connectivity index is 2.42. The van der Waals surface area contributed by atoms with E-state index in [0.29, 0.717) is 0 Å². The molecule has 15 heavy (non-hydrogen) atoms. The number of nitrogens with one attached hydrogen (secondary N) is 2. The van der Waals surface area contributed by atoms with Crippen LogP contribution in [0.25, 0.3) is 11.0 Å². The van der Waals surface area contributed by atoms with Crippen molar-refractivity contribution in [2.24, 2.45) is 0 Å². The highest BCUT2D eigenvalue weighted by atomic mass is 35.5. The van der Waals surface area contributed by atoms with E-state index in [9.17, 15) is 0 Å². The third-order valence-electron chi connectivity index (χ3n) is 2.38. The molecule has 1 aromatic heterocycles. The number of nitrogens with zero attached hydrogens (tertiary/aromatic N) is 1. The van der Waals surface area contributed by atoms with Gasteiger partial charge in [0, 0.05) is 0 Å². The number of imidazole rings is 1. The van der Waals surface area contributed by atoms with Crippen LogP contribution < -0.4 is 5.32 Å². The summed E-state index contributed by atoms with van der Waals surface area (Å²) in [7, 11) is 1.94. The Morgan fingerprint density at radius 3 is 3.00 bits per heavy atom. The van der Waals surface area contributed by atoms with Gasteiger partial charge in [-0.05, 0) is 44.6 Å². The molecule has 0 fully saturated rings. The van der Waals surface area contributed by atoms with Crippen LogP contribution in [0.15, 0.2) is 12.1 Å². The maximum atomic E-state index is 6.15. The largest absolute Gasteiger partial charge is 0.342 e. The van der Waals surface area contributed by atoms with Gasteiger partial charge in [0.15, 0.2) is 0 Å². The van der Waals surface area contributed by atoms with Crippen molar-refractivity contribution in [1.82, 2.24) is 15.3 Å². The molecule has 0 aliphatic carbocycles. The minimum Gasteiger partial charge on any atom is -0.342 e. The summed E-state index contributed by atoms with van der Waals surface area (Å²) in [5, 5.41) is 3.84. The first kappa shape index (κ1) is 10.5. The fourth-order valence-corrected chi connectivity index (χ4v) is 1.95. The van der Waals surface area contributed by atoms with Crippen molar-refractivity contribution in [3.05, 3.63) is 28.5 Å². The van der Waals surface area contributed by atoms with Crippen molar-refractivity contribution in [2.45, 2.75) is 13.3 Å². The maximum Gasteiger partial charge on any atom is 0.107 e. The molecule has 0 saturated heterocycles. The lowest BCUT2D eigenvalue weighted by Crippen LogP contribution is -2.10. The predicted octanol–water partition coefficient (Wildman–Crippen LogP) is 2.29. The number of aromatic nitrogens is 2. The van der Waals surface area contributed by atoms with Gasteiger partial charge in [0.25, 0.3) is 0 Å². The molecule has 0 amide bonds. The molecule has 0 aliphatic rings. The van der Waals surface area contributed by atoms with E-state index >= 15 is 0 Å². The highest BCUT2D eigenvalue weighted by molar-refractivity contribution is 6.35. The lowest BCUT2D eigenvalue weighted by atomic mass is 10.1. The number of hydrogen-bond acceptors (Lipinski definition) is 2. The molecular weight excluding hydrogens is 210 g/mol. The second-order valence-electron chi connectivity index (χ2n) is 3.65. The van der Waals surface area contributed by atoms with Gasteiger partial charge in [0.05, 0.1) is 10.5 Å². The SMILES string of the molecule is CNCCc1cc(Cl)c2nc(C)[nH]c2c1. The molecule has 0 aliphatic heterocycles. The molecule has 1 aromatic carbocycles. The molecule has 0 unspecified atom stereocenters. The van der Waals surface area contributed by atoms with E-state index in [1.165, 1.54) is 5.56 Å². The van der Waals surface area contributed by atoms with Crippen LogP contribution in [0, 0.1) is 6.92 Å². The Morgan fingerprint density at radius 2 is 2.27 bits per heavy atom. The molecule has 2 rings (SSSR count). The predicted molar refractivity (Wildman–Crippen MR) is 63.5 cm³/mol. The summed E-state index contributed by atoms with van der Waals surface area (Å²) in [4.78, 5) is 7.53. The van der Waals surface area contributed by atoms with Crippen molar-refractivity contribution in [3.63, 3.8) is 0 Å². The van der Waals surface area contributed by atoms with Gasteiger partial charge in [-0.15, -0.1) is 0 Å². The van der Waals surface area contributed by atoms with Crippen molar-refractivity contribution in [3.8, 4) is 0 Å². The minimum absolute atomic E-state index is 0.725. The zero-order valence-electron chi connectivity index (χ0n) is 8.89. The van der Waals surface area contributed by atoms with Crippen LogP contribution in [0.3, 0.4) is 0 Å². The van der Waals surface area contributed by atoms with Gasteiger partial charge in [0.1, 0.15) is 11.3 Å². The molecule has 80 valence electrons. The summed E-state index contributed by atoms with van der Waals surface area (Å²) < 4.78 is 0. The number of hydrogen-bond donors (Lipinski definition) is 2. The Bertz CT molecular complexity index is 476. The van der Waals surface area contributed by atoms with Crippen LogP contribution in [-0.2, 0) is 6.42 Å². The number of benzene rings is 1. The number of H-pyrrole nitrogens is 1. The summed E-state index contributed by atoms with van der Waals surface area (Å²) in [6.45, 7) is 2.89. The number of fused-ring (bicyclic) bond motifs is 1. The third kappa shape index (κ3) is 2.13. The van der Waals surface area contributed by atoms with E-state index in [2.05, 4.69) is 21.4 Å². The number of likely N-dealkylation sites (N-methyl/N-ethyl adjacent to an activating group) is 1. The average Bonchev–Trinajstić information content (AvgIpc) is 2.56. The molecule has 2 N–H and O–H groups in total. The van der Waals surface area contributed by atoms with E-state index in [1.54, 1.807) is 0 Å². The molecule has 2 aromatic rings. The summed E-state index contributed by atoms with van der Waals surface area (Å²) in [6, 6.07) is 4.10. The number of aromatic amines is 1. The van der Waals surface area contributed by atoms with Crippen molar-refractivity contribution in [2.75, 3.05) is 13.6 Å². The van der Waals surface area contributed by atoms with E-state index < -0.39 is 0 Å². The van der Waals surface area contributed by atoms with Crippen molar-refractivity contribution in [1.29, 1.82) is 0 Å². The van der Waals surface area contributed by atoms with Gasteiger partial charge in [0.2, 0.25) is 0 Å². The Kier molecular flexibility index (Phi) is 2.93. The van der Waals surface area contributed by atoms with Gasteiger partial charge in [-0.2, -0.15) is 0 Å². The van der Waals surface area contributed by atoms with Gasteiger partial charge in [-0.1, -0.05) is 11.6 Å². The van der Waals surface area contributed by atoms with Crippen LogP contribution in [0.4, 0.5) is 0 Å². The quantitative estimate of drug-likeness (QED) is 0.838. The minimum atomic E-state index is 0.725. The third-order valence-corrected chi connectivity index (χ3v) is 2.67. The zero-order valence-corrected chi connectivity index (χ0v) is 9.65. The van der Waals surface area contributed by atoms with Crippen LogP contribution in [0.2, 0.25) is 5.02 Å². The van der Waals surface area contributed by atoms with Crippen LogP contribution in [-0.4, -0.2) is 23.6 Å². The first-order valence-corrected chi connectivity index (χ1v) is 5.38. The average molecular weight is 224 g/mol. The van der Waals surface area contributed by atoms with Crippen molar-refractivity contribution >= 4 is 22.6 Å². The molecular formula is C11H14ClN3. The lowest BCUT2D eigenvalue weighted by Gasteiger charge is -2.01. The maximum absolute atomic E-state index is 6.15. The topological polar surface area (TPSA) is 40.7 Å². The Morgan fingerprint density at radius 1 is 1.47 bits per heavy atom. The molecule has 1 heterocycles. The molecule has 0 saturated carbocycles. The fraction of sp³-hybridized carbons (Fsp3) is 0.364. The number of rotatable bonds is 3. The highest BCUT2D eigenvalue weighted by Gasteiger charge is 2.06. The number of halogens is 1. The Labute approximate surface area is 93.9 Å². The monoisotopic (exact) mass is 223 g/mol. The van der Waals surface area contributed by atoms with Crippen LogP contribution in [0.1, 0.15) is 11.4 Å². The second kappa shape index (κ2) is 4.21. The van der Waals surface area contributed by atoms with Gasteiger partial charge < -0.3 is 10.3 Å². The first-order chi connectivity index (χ1) is 7.20. The molecule has 0 radical (unpaired) electrons. The summed E-state index contributed by atoms with van der Waals surface area (Å²) in [5.74, 6) is 0.901. The molecule has 3 nitrogen and oxygen atoms in total. The van der Waals surface area contributed by atoms with Gasteiger partial charge >= 0.3 is 0 Å². The molecule has 0 bridgehead atoms. The van der Waals surface area contributed by atoms with Crippen molar-refractivity contribution < 1.29 is 0 Å². The smallest absolute Gasteiger partial charge is 0.107 e. The van der Waals surface area contributed by atoms with E-state index in [1.807, 2.05) is 20.0 Å². The molecule has 4 heteroatoms. The normalized spacial score (nSPS) is 11.1. The van der Waals surface area contributed by atoms with E-state index in [0.717, 1.165) is 34.8 Å². The molecule has 0 atom stereocenters. The highest BCUT2D eigenvalue weighted by Crippen LogP contribution is 2.23. The summed E-state index contributed by atoms with van der Waals surface area (Å²) in [6.07, 6.45) is 0.976. The lowest BCUT2D eigenvalue weighted by molar-refractivity contribution is 0.792. The zero-order chi connectivity index (χ0) is 10.8. The first-order valence-electron chi connectivity index (χ1n) is 5.00. The Hall–Kier alpha value is -1.06. The summed E-state index contributed by atoms with van der Waals surface area (Å²) in [5.41, 5.74) is 3.11. The van der Waals surface area contributed by atoms with Gasteiger partial charge in [-0.3, -0.25) is 0 Å². The van der Waals surface area contributed by atoms with Gasteiger partial charge in [-0.25, -0.2) is 4.98 Å². The van der Waals surface area contributed by atoms with Crippen LogP contribution >= 0.6 is 11.6 Å². The fourth-order valence-electron chi connectivity index (χ4n) is 1.67. The van der Waals surface area contributed by atoms with E-state index in [4.69, 9.17) is 11.6 Å². The standard InChI is InChI=1S/C11H14ClN3/c1-7-14-10-6-8(3-4-13-2)5-9(12)11(10)15-7/h5-6,13H,3-4H2,1-2H3,(H,14,15). The van der Waals surface area contributed by atoms with Crippen LogP contribution in [0.5, 0.6) is 0 Å². The number of aryl methyl sites for hydroxylation is 1.